The maximum atomic E-state index is 11.4. The number of carboxylic acids is 1. The molecule has 1 aromatic heterocycles. The maximum absolute atomic E-state index is 11.4. The second kappa shape index (κ2) is 4.85. The number of aliphatic carboxylic acids is 1. The molecule has 0 atom stereocenters. The van der Waals surface area contributed by atoms with Crippen LogP contribution in [0.3, 0.4) is 0 Å². The molecule has 0 spiro atoms. The average molecular weight is 305 g/mol. The smallest absolute Gasteiger partial charge is 0.310 e. The van der Waals surface area contributed by atoms with Crippen LogP contribution in [0.5, 0.6) is 0 Å². The zero-order chi connectivity index (χ0) is 11.6. The number of hydrogen-bond acceptors (Lipinski definition) is 3. The van der Waals surface area contributed by atoms with Crippen LogP contribution >= 0.6 is 27.3 Å². The van der Waals surface area contributed by atoms with Gasteiger partial charge >= 0.3 is 5.97 Å². The van der Waals surface area contributed by atoms with E-state index in [4.69, 9.17) is 4.74 Å². The monoisotopic (exact) mass is 304 g/mol. The van der Waals surface area contributed by atoms with Gasteiger partial charge in [-0.2, -0.15) is 0 Å². The maximum Gasteiger partial charge on any atom is 0.310 e. The van der Waals surface area contributed by atoms with Gasteiger partial charge in [-0.25, -0.2) is 0 Å². The molecule has 0 unspecified atom stereocenters. The number of carboxylic acid groups (broad SMARTS) is 1. The highest BCUT2D eigenvalue weighted by atomic mass is 79.9. The Bertz CT molecular complexity index is 382. The molecule has 1 N–H and O–H groups in total. The van der Waals surface area contributed by atoms with Crippen molar-refractivity contribution in [2.75, 3.05) is 13.2 Å². The fourth-order valence-electron chi connectivity index (χ4n) is 2.01. The van der Waals surface area contributed by atoms with Crippen molar-refractivity contribution in [1.82, 2.24) is 0 Å². The number of rotatable bonds is 3. The molecule has 0 bridgehead atoms. The van der Waals surface area contributed by atoms with Gasteiger partial charge in [0.25, 0.3) is 0 Å². The van der Waals surface area contributed by atoms with Crippen molar-refractivity contribution in [1.29, 1.82) is 0 Å². The summed E-state index contributed by atoms with van der Waals surface area (Å²) in [4.78, 5) is 12.5. The summed E-state index contributed by atoms with van der Waals surface area (Å²) >= 11 is 5.01. The summed E-state index contributed by atoms with van der Waals surface area (Å²) in [5.74, 6) is -0.694. The standard InChI is InChI=1S/C11H13BrO3S/c12-9-2-1-8(16-9)7-11(10(13)14)3-5-15-6-4-11/h1-2H,3-7H2,(H,13,14). The molecule has 1 aliphatic rings. The van der Waals surface area contributed by atoms with Crippen LogP contribution in [0.15, 0.2) is 15.9 Å². The molecule has 1 aromatic rings. The zero-order valence-corrected chi connectivity index (χ0v) is 11.1. The van der Waals surface area contributed by atoms with Gasteiger partial charge in [0.1, 0.15) is 0 Å². The molecule has 1 aliphatic heterocycles. The summed E-state index contributed by atoms with van der Waals surface area (Å²) in [5.41, 5.74) is -0.622. The first-order valence-corrected chi connectivity index (χ1v) is 6.79. The number of ether oxygens (including phenoxy) is 1. The van der Waals surface area contributed by atoms with Gasteiger partial charge in [0, 0.05) is 18.1 Å². The molecule has 0 radical (unpaired) electrons. The third kappa shape index (κ3) is 2.47. The molecule has 0 aromatic carbocycles. The summed E-state index contributed by atoms with van der Waals surface area (Å²) in [5, 5.41) is 9.39. The molecule has 2 rings (SSSR count). The van der Waals surface area contributed by atoms with Crippen LogP contribution in [0, 0.1) is 5.41 Å². The SMILES string of the molecule is O=C(O)C1(Cc2ccc(Br)s2)CCOCC1. The molecule has 1 saturated heterocycles. The first-order chi connectivity index (χ1) is 7.62. The van der Waals surface area contributed by atoms with Gasteiger partial charge in [-0.3, -0.25) is 4.79 Å². The predicted molar refractivity (Wildman–Crippen MR) is 65.8 cm³/mol. The zero-order valence-electron chi connectivity index (χ0n) is 8.74. The van der Waals surface area contributed by atoms with E-state index >= 15 is 0 Å². The average Bonchev–Trinajstić information content (AvgIpc) is 2.65. The molecular weight excluding hydrogens is 292 g/mol. The molecule has 0 amide bonds. The lowest BCUT2D eigenvalue weighted by atomic mass is 9.77. The Morgan fingerprint density at radius 3 is 2.69 bits per heavy atom. The van der Waals surface area contributed by atoms with E-state index < -0.39 is 11.4 Å². The lowest BCUT2D eigenvalue weighted by Gasteiger charge is -2.32. The van der Waals surface area contributed by atoms with Crippen molar-refractivity contribution in [3.8, 4) is 0 Å². The van der Waals surface area contributed by atoms with E-state index in [9.17, 15) is 9.90 Å². The number of carbonyl (C=O) groups is 1. The highest BCUT2D eigenvalue weighted by Crippen LogP contribution is 2.37. The largest absolute Gasteiger partial charge is 0.481 e. The van der Waals surface area contributed by atoms with Gasteiger partial charge < -0.3 is 9.84 Å². The van der Waals surface area contributed by atoms with Crippen LogP contribution in [0.25, 0.3) is 0 Å². The van der Waals surface area contributed by atoms with Crippen LogP contribution in [0.1, 0.15) is 17.7 Å². The van der Waals surface area contributed by atoms with E-state index in [-0.39, 0.29) is 0 Å². The Kier molecular flexibility index (Phi) is 3.66. The Morgan fingerprint density at radius 1 is 1.50 bits per heavy atom. The second-order valence-corrected chi connectivity index (χ2v) is 6.63. The minimum absolute atomic E-state index is 0.554. The quantitative estimate of drug-likeness (QED) is 0.934. The summed E-state index contributed by atoms with van der Waals surface area (Å²) in [7, 11) is 0. The van der Waals surface area contributed by atoms with Gasteiger partial charge in [0.2, 0.25) is 0 Å². The van der Waals surface area contributed by atoms with Crippen molar-refractivity contribution in [3.05, 3.63) is 20.8 Å². The Labute approximate surface area is 107 Å². The molecule has 2 heterocycles. The van der Waals surface area contributed by atoms with E-state index in [2.05, 4.69) is 15.9 Å². The van der Waals surface area contributed by atoms with Crippen LogP contribution in [-0.4, -0.2) is 24.3 Å². The molecule has 16 heavy (non-hydrogen) atoms. The fraction of sp³-hybridized carbons (Fsp3) is 0.545. The van der Waals surface area contributed by atoms with Crippen LogP contribution in [0.4, 0.5) is 0 Å². The van der Waals surface area contributed by atoms with Crippen LogP contribution in [-0.2, 0) is 16.0 Å². The normalized spacial score (nSPS) is 19.6. The first kappa shape index (κ1) is 12.1. The van der Waals surface area contributed by atoms with Gasteiger partial charge in [-0.1, -0.05) is 0 Å². The number of hydrogen-bond donors (Lipinski definition) is 1. The fourth-order valence-corrected chi connectivity index (χ4v) is 3.64. The van der Waals surface area contributed by atoms with E-state index in [1.54, 1.807) is 11.3 Å². The van der Waals surface area contributed by atoms with Gasteiger partial charge in [0.15, 0.2) is 0 Å². The summed E-state index contributed by atoms with van der Waals surface area (Å²) < 4.78 is 6.30. The summed E-state index contributed by atoms with van der Waals surface area (Å²) in [6.07, 6.45) is 1.83. The Morgan fingerprint density at radius 2 is 2.19 bits per heavy atom. The minimum Gasteiger partial charge on any atom is -0.481 e. The topological polar surface area (TPSA) is 46.5 Å². The third-order valence-electron chi connectivity index (χ3n) is 3.05. The van der Waals surface area contributed by atoms with E-state index in [1.165, 1.54) is 0 Å². The van der Waals surface area contributed by atoms with Crippen molar-refractivity contribution >= 4 is 33.2 Å². The first-order valence-electron chi connectivity index (χ1n) is 5.18. The van der Waals surface area contributed by atoms with E-state index in [0.29, 0.717) is 32.5 Å². The van der Waals surface area contributed by atoms with Gasteiger partial charge in [0.05, 0.1) is 9.20 Å². The van der Waals surface area contributed by atoms with E-state index in [0.717, 1.165) is 8.66 Å². The highest BCUT2D eigenvalue weighted by Gasteiger charge is 2.40. The molecule has 3 nitrogen and oxygen atoms in total. The van der Waals surface area contributed by atoms with Crippen molar-refractivity contribution in [3.63, 3.8) is 0 Å². The van der Waals surface area contributed by atoms with Gasteiger partial charge in [-0.05, 0) is 47.3 Å². The molecule has 5 heteroatoms. The van der Waals surface area contributed by atoms with Crippen molar-refractivity contribution in [2.24, 2.45) is 5.41 Å². The molecular formula is C11H13BrO3S. The minimum atomic E-state index is -0.694. The van der Waals surface area contributed by atoms with Crippen molar-refractivity contribution in [2.45, 2.75) is 19.3 Å². The highest BCUT2D eigenvalue weighted by molar-refractivity contribution is 9.11. The predicted octanol–water partition coefficient (Wildman–Crippen LogP) is 2.93. The lowest BCUT2D eigenvalue weighted by molar-refractivity contribution is -0.154. The summed E-state index contributed by atoms with van der Waals surface area (Å²) in [6.45, 7) is 1.11. The number of halogens is 1. The van der Waals surface area contributed by atoms with E-state index in [1.807, 2.05) is 12.1 Å². The van der Waals surface area contributed by atoms with Crippen LogP contribution < -0.4 is 0 Å². The molecule has 0 saturated carbocycles. The van der Waals surface area contributed by atoms with Crippen LogP contribution in [0.2, 0.25) is 0 Å². The lowest BCUT2D eigenvalue weighted by Crippen LogP contribution is -2.38. The molecule has 88 valence electrons. The number of thiophene rings is 1. The Balaban J connectivity index is 2.16. The second-order valence-electron chi connectivity index (χ2n) is 4.08. The van der Waals surface area contributed by atoms with Crippen molar-refractivity contribution < 1.29 is 14.6 Å². The summed E-state index contributed by atoms with van der Waals surface area (Å²) in [6, 6.07) is 3.96. The van der Waals surface area contributed by atoms with Gasteiger partial charge in [-0.15, -0.1) is 11.3 Å². The molecule has 0 aliphatic carbocycles. The molecule has 1 fully saturated rings. The Hall–Kier alpha value is -0.390. The third-order valence-corrected chi connectivity index (χ3v) is 4.67.